The van der Waals surface area contributed by atoms with E-state index in [0.717, 1.165) is 27.3 Å². The maximum atomic E-state index is 9.76. The number of aromatic nitrogens is 1. The van der Waals surface area contributed by atoms with Crippen molar-refractivity contribution in [2.24, 2.45) is 4.99 Å². The van der Waals surface area contributed by atoms with Crippen LogP contribution in [0.3, 0.4) is 0 Å². The molecule has 30 heavy (non-hydrogen) atoms. The average Bonchev–Trinajstić information content (AvgIpc) is 3.17. The Hall–Kier alpha value is -3.31. The van der Waals surface area contributed by atoms with Crippen molar-refractivity contribution in [2.75, 3.05) is 25.0 Å². The van der Waals surface area contributed by atoms with Gasteiger partial charge in [-0.2, -0.15) is 5.26 Å². The van der Waals surface area contributed by atoms with Crippen molar-refractivity contribution < 1.29 is 5.11 Å². The first-order valence-electron chi connectivity index (χ1n) is 9.46. The lowest BCUT2D eigenvalue weighted by Crippen LogP contribution is -2.19. The number of rotatable bonds is 9. The van der Waals surface area contributed by atoms with Gasteiger partial charge in [-0.3, -0.25) is 4.99 Å². The number of anilines is 2. The predicted molar refractivity (Wildman–Crippen MR) is 125 cm³/mol. The minimum absolute atomic E-state index is 0.100. The van der Waals surface area contributed by atoms with E-state index >= 15 is 0 Å². The molecule has 0 radical (unpaired) electrons. The molecule has 2 aromatic heterocycles. The van der Waals surface area contributed by atoms with Crippen LogP contribution in [0.2, 0.25) is 0 Å². The summed E-state index contributed by atoms with van der Waals surface area (Å²) in [6.07, 6.45) is 3.71. The fourth-order valence-electron chi connectivity index (χ4n) is 3.02. The van der Waals surface area contributed by atoms with Gasteiger partial charge in [-0.25, -0.2) is 4.98 Å². The summed E-state index contributed by atoms with van der Waals surface area (Å²) in [7, 11) is 0. The summed E-state index contributed by atoms with van der Waals surface area (Å²) in [5.74, 6) is 0.549. The first-order chi connectivity index (χ1) is 14.7. The van der Waals surface area contributed by atoms with Crippen LogP contribution in [0.15, 0.2) is 58.5 Å². The van der Waals surface area contributed by atoms with Crippen LogP contribution in [0.25, 0.3) is 17.2 Å². The van der Waals surface area contributed by atoms with Crippen molar-refractivity contribution in [2.45, 2.75) is 6.92 Å². The third kappa shape index (κ3) is 4.99. The second-order valence-electron chi connectivity index (χ2n) is 6.60. The van der Waals surface area contributed by atoms with Gasteiger partial charge in [0.05, 0.1) is 12.2 Å². The molecule has 0 unspecified atom stereocenters. The lowest BCUT2D eigenvalue weighted by Gasteiger charge is -2.10. The summed E-state index contributed by atoms with van der Waals surface area (Å²) in [5.41, 5.74) is 5.05. The number of thiophene rings is 1. The van der Waals surface area contributed by atoms with Crippen molar-refractivity contribution >= 4 is 40.6 Å². The van der Waals surface area contributed by atoms with E-state index in [-0.39, 0.29) is 6.61 Å². The van der Waals surface area contributed by atoms with E-state index < -0.39 is 0 Å². The summed E-state index contributed by atoms with van der Waals surface area (Å²) in [4.78, 5) is 8.60. The van der Waals surface area contributed by atoms with Crippen molar-refractivity contribution in [3.63, 3.8) is 0 Å². The van der Waals surface area contributed by atoms with Gasteiger partial charge in [-0.05, 0) is 25.3 Å². The van der Waals surface area contributed by atoms with Crippen molar-refractivity contribution in [1.29, 1.82) is 5.26 Å². The zero-order chi connectivity index (χ0) is 21.3. The van der Waals surface area contributed by atoms with Crippen LogP contribution >= 0.6 is 11.3 Å². The van der Waals surface area contributed by atoms with Crippen molar-refractivity contribution in [3.8, 4) is 17.2 Å². The third-order valence-corrected chi connectivity index (χ3v) is 5.32. The fourth-order valence-corrected chi connectivity index (χ4v) is 3.94. The Morgan fingerprint density at radius 3 is 2.83 bits per heavy atom. The second kappa shape index (κ2) is 10.5. The molecule has 1 aromatic carbocycles. The molecule has 3 N–H and O–H groups in total. The molecule has 0 bridgehead atoms. The largest absolute Gasteiger partial charge is 0.395 e. The molecule has 0 saturated heterocycles. The van der Waals surface area contributed by atoms with Crippen LogP contribution in [0, 0.1) is 11.3 Å². The standard InChI is InChI=1S/C23H23N5OS/c1-16(14-26-10-11-29)12-18-8-9-27-22(21(18)25-2)28-23-19(13-24)20(15-30-23)17-6-4-3-5-7-17/h3-9,12,15,26,29H,2,10-11,14H2,1H3,(H,27,28)/b16-12+. The SMILES string of the molecule is C=Nc1c(/C=C(\C)CNCCO)ccnc1Nc1scc(-c2ccccc2)c1C#N. The Kier molecular flexibility index (Phi) is 7.46. The summed E-state index contributed by atoms with van der Waals surface area (Å²) in [5, 5.41) is 27.8. The monoisotopic (exact) mass is 417 g/mol. The molecule has 0 fully saturated rings. The molecule has 7 heteroatoms. The molecule has 3 aromatic rings. The number of aliphatic imine (C=N–C) groups is 1. The fraction of sp³-hybridized carbons (Fsp3) is 0.174. The quantitative estimate of drug-likeness (QED) is 0.345. The van der Waals surface area contributed by atoms with E-state index in [1.54, 1.807) is 6.20 Å². The van der Waals surface area contributed by atoms with Crippen LogP contribution < -0.4 is 10.6 Å². The molecular weight excluding hydrogens is 394 g/mol. The normalized spacial score (nSPS) is 11.2. The number of hydrogen-bond donors (Lipinski definition) is 3. The van der Waals surface area contributed by atoms with Gasteiger partial charge in [-0.15, -0.1) is 11.3 Å². The van der Waals surface area contributed by atoms with E-state index in [1.807, 2.05) is 54.8 Å². The number of nitrogens with zero attached hydrogens (tertiary/aromatic N) is 3. The van der Waals surface area contributed by atoms with Gasteiger partial charge >= 0.3 is 0 Å². The Labute approximate surface area is 180 Å². The number of aliphatic hydroxyl groups excluding tert-OH is 1. The number of nitrogens with one attached hydrogen (secondary N) is 2. The molecule has 3 rings (SSSR count). The summed E-state index contributed by atoms with van der Waals surface area (Å²) < 4.78 is 0. The number of aliphatic hydroxyl groups is 1. The number of pyridine rings is 1. The third-order valence-electron chi connectivity index (χ3n) is 4.43. The van der Waals surface area contributed by atoms with Crippen LogP contribution in [0.5, 0.6) is 0 Å². The first-order valence-corrected chi connectivity index (χ1v) is 10.3. The molecule has 2 heterocycles. The van der Waals surface area contributed by atoms with Gasteiger partial charge in [0, 0.05) is 35.8 Å². The van der Waals surface area contributed by atoms with Crippen molar-refractivity contribution in [1.82, 2.24) is 10.3 Å². The molecule has 152 valence electrons. The van der Waals surface area contributed by atoms with Gasteiger partial charge in [-0.1, -0.05) is 42.0 Å². The van der Waals surface area contributed by atoms with E-state index in [9.17, 15) is 5.26 Å². The molecular formula is C23H23N5OS. The summed E-state index contributed by atoms with van der Waals surface area (Å²) >= 11 is 1.46. The Balaban J connectivity index is 1.91. The van der Waals surface area contributed by atoms with Crippen molar-refractivity contribution in [3.05, 3.63) is 64.7 Å². The molecule has 0 amide bonds. The van der Waals surface area contributed by atoms with E-state index in [1.165, 1.54) is 11.3 Å². The van der Waals surface area contributed by atoms with Crippen LogP contribution in [0.4, 0.5) is 16.5 Å². The lowest BCUT2D eigenvalue weighted by atomic mass is 10.1. The molecule has 0 saturated carbocycles. The van der Waals surface area contributed by atoms with Crippen LogP contribution in [-0.2, 0) is 0 Å². The summed E-state index contributed by atoms with van der Waals surface area (Å²) in [6, 6.07) is 14.0. The predicted octanol–water partition coefficient (Wildman–Crippen LogP) is 4.74. The van der Waals surface area contributed by atoms with E-state index in [2.05, 4.69) is 33.4 Å². The minimum Gasteiger partial charge on any atom is -0.395 e. The van der Waals surface area contributed by atoms with Crippen LogP contribution in [0.1, 0.15) is 18.1 Å². The minimum atomic E-state index is 0.100. The molecule has 0 aliphatic carbocycles. The van der Waals surface area contributed by atoms with Gasteiger partial charge < -0.3 is 15.7 Å². The molecule has 0 atom stereocenters. The van der Waals surface area contributed by atoms with Gasteiger partial charge in [0.1, 0.15) is 16.8 Å². The highest BCUT2D eigenvalue weighted by Crippen LogP contribution is 2.38. The Bertz CT molecular complexity index is 1080. The van der Waals surface area contributed by atoms with Gasteiger partial charge in [0.2, 0.25) is 0 Å². The number of nitriles is 1. The van der Waals surface area contributed by atoms with E-state index in [4.69, 9.17) is 5.11 Å². The first kappa shape index (κ1) is 21.4. The second-order valence-corrected chi connectivity index (χ2v) is 7.48. The zero-order valence-corrected chi connectivity index (χ0v) is 17.5. The molecule has 0 aliphatic rings. The van der Waals surface area contributed by atoms with Gasteiger partial charge in [0.25, 0.3) is 0 Å². The zero-order valence-electron chi connectivity index (χ0n) is 16.7. The topological polar surface area (TPSA) is 93.3 Å². The van der Waals surface area contributed by atoms with E-state index in [0.29, 0.717) is 30.2 Å². The van der Waals surface area contributed by atoms with Crippen LogP contribution in [-0.4, -0.2) is 36.5 Å². The van der Waals surface area contributed by atoms with Gasteiger partial charge in [0.15, 0.2) is 5.82 Å². The highest BCUT2D eigenvalue weighted by atomic mass is 32.1. The highest BCUT2D eigenvalue weighted by Gasteiger charge is 2.16. The summed E-state index contributed by atoms with van der Waals surface area (Å²) in [6.45, 7) is 7.01. The highest BCUT2D eigenvalue weighted by molar-refractivity contribution is 7.15. The Morgan fingerprint density at radius 2 is 2.13 bits per heavy atom. The number of hydrogen-bond acceptors (Lipinski definition) is 7. The maximum Gasteiger partial charge on any atom is 0.157 e. The molecule has 0 aliphatic heterocycles. The lowest BCUT2D eigenvalue weighted by molar-refractivity contribution is 0.294. The average molecular weight is 418 g/mol. The molecule has 0 spiro atoms. The maximum absolute atomic E-state index is 9.76. The smallest absolute Gasteiger partial charge is 0.157 e. The number of benzene rings is 1. The molecule has 6 nitrogen and oxygen atoms in total. The Morgan fingerprint density at radius 1 is 1.33 bits per heavy atom.